The lowest BCUT2D eigenvalue weighted by atomic mass is 10.1. The summed E-state index contributed by atoms with van der Waals surface area (Å²) >= 11 is 0. The molecule has 2 aromatic carbocycles. The lowest BCUT2D eigenvalue weighted by Crippen LogP contribution is -2.25. The molecule has 2 N–H and O–H groups in total. The molecular weight excluding hydrogens is 254 g/mol. The second-order valence-electron chi connectivity index (χ2n) is 4.53. The van der Waals surface area contributed by atoms with Crippen LogP contribution in [0.4, 0.5) is 5.69 Å². The van der Waals surface area contributed by atoms with Gasteiger partial charge in [-0.1, -0.05) is 36.4 Å². The summed E-state index contributed by atoms with van der Waals surface area (Å²) in [6.45, 7) is 0.873. The number of para-hydroxylation sites is 2. The van der Waals surface area contributed by atoms with Crippen LogP contribution in [-0.4, -0.2) is 22.7 Å². The number of rotatable bonds is 6. The molecule has 104 valence electrons. The number of aromatic hydroxyl groups is 1. The second kappa shape index (κ2) is 6.61. The van der Waals surface area contributed by atoms with Crippen LogP contribution in [0.25, 0.3) is 0 Å². The van der Waals surface area contributed by atoms with Gasteiger partial charge in [0, 0.05) is 24.3 Å². The third-order valence-electron chi connectivity index (χ3n) is 3.07. The summed E-state index contributed by atoms with van der Waals surface area (Å²) in [5.41, 5.74) is 1.72. The van der Waals surface area contributed by atoms with E-state index >= 15 is 0 Å². The van der Waals surface area contributed by atoms with Gasteiger partial charge in [0.1, 0.15) is 5.75 Å². The zero-order valence-corrected chi connectivity index (χ0v) is 11.1. The molecule has 0 fully saturated rings. The van der Waals surface area contributed by atoms with Gasteiger partial charge in [-0.15, -0.1) is 0 Å². The molecule has 0 bridgehead atoms. The molecule has 0 amide bonds. The number of aliphatic carboxylic acids is 1. The molecule has 0 saturated heterocycles. The summed E-state index contributed by atoms with van der Waals surface area (Å²) in [6, 6.07) is 16.7. The third-order valence-corrected chi connectivity index (χ3v) is 3.07. The van der Waals surface area contributed by atoms with Gasteiger partial charge in [-0.3, -0.25) is 4.79 Å². The first kappa shape index (κ1) is 13.9. The predicted molar refractivity (Wildman–Crippen MR) is 77.9 cm³/mol. The van der Waals surface area contributed by atoms with Crippen molar-refractivity contribution >= 4 is 11.7 Å². The maximum Gasteiger partial charge on any atom is 0.305 e. The van der Waals surface area contributed by atoms with Gasteiger partial charge in [-0.2, -0.15) is 0 Å². The lowest BCUT2D eigenvalue weighted by molar-refractivity contribution is -0.136. The van der Waals surface area contributed by atoms with E-state index in [4.69, 9.17) is 5.11 Å². The Labute approximate surface area is 117 Å². The number of phenolic OH excluding ortho intramolecular Hbond substituents is 1. The molecule has 0 radical (unpaired) electrons. The molecular formula is C16H17NO3. The van der Waals surface area contributed by atoms with Gasteiger partial charge in [-0.25, -0.2) is 0 Å². The number of benzene rings is 2. The van der Waals surface area contributed by atoms with Gasteiger partial charge in [0.15, 0.2) is 0 Å². The summed E-state index contributed by atoms with van der Waals surface area (Å²) in [6.07, 6.45) is 0.0580. The molecule has 0 unspecified atom stereocenters. The molecule has 0 spiro atoms. The first-order chi connectivity index (χ1) is 9.66. The van der Waals surface area contributed by atoms with Crippen molar-refractivity contribution in [3.8, 4) is 5.75 Å². The largest absolute Gasteiger partial charge is 0.508 e. The SMILES string of the molecule is O=C(O)CCN(Cc1ccccc1O)c1ccccc1. The van der Waals surface area contributed by atoms with Crippen LogP contribution in [0.5, 0.6) is 5.75 Å². The molecule has 4 nitrogen and oxygen atoms in total. The van der Waals surface area contributed by atoms with Gasteiger partial charge < -0.3 is 15.1 Å². The zero-order valence-electron chi connectivity index (χ0n) is 11.1. The minimum Gasteiger partial charge on any atom is -0.508 e. The number of anilines is 1. The number of hydrogen-bond donors (Lipinski definition) is 2. The molecule has 20 heavy (non-hydrogen) atoms. The highest BCUT2D eigenvalue weighted by molar-refractivity contribution is 5.67. The standard InChI is InChI=1S/C16H17NO3/c18-15-9-5-4-6-13(15)12-17(11-10-16(19)20)14-7-2-1-3-8-14/h1-9,18H,10-12H2,(H,19,20). The van der Waals surface area contributed by atoms with Crippen molar-refractivity contribution in [1.82, 2.24) is 0 Å². The highest BCUT2D eigenvalue weighted by Gasteiger charge is 2.11. The maximum absolute atomic E-state index is 10.8. The molecule has 4 heteroatoms. The van der Waals surface area contributed by atoms with Crippen LogP contribution in [0.3, 0.4) is 0 Å². The van der Waals surface area contributed by atoms with Crippen molar-refractivity contribution < 1.29 is 15.0 Å². The quantitative estimate of drug-likeness (QED) is 0.848. The molecule has 0 aliphatic carbocycles. The highest BCUT2D eigenvalue weighted by atomic mass is 16.4. The minimum atomic E-state index is -0.830. The van der Waals surface area contributed by atoms with E-state index in [1.54, 1.807) is 12.1 Å². The van der Waals surface area contributed by atoms with Crippen LogP contribution in [0, 0.1) is 0 Å². The Bertz CT molecular complexity index is 569. The number of nitrogens with zero attached hydrogens (tertiary/aromatic N) is 1. The van der Waals surface area contributed by atoms with E-state index in [1.807, 2.05) is 47.4 Å². The fourth-order valence-electron chi connectivity index (χ4n) is 2.02. The fourth-order valence-corrected chi connectivity index (χ4v) is 2.02. The number of phenols is 1. The molecule has 0 aromatic heterocycles. The van der Waals surface area contributed by atoms with Crippen LogP contribution in [0.15, 0.2) is 54.6 Å². The van der Waals surface area contributed by atoms with E-state index in [2.05, 4.69) is 0 Å². The van der Waals surface area contributed by atoms with Crippen LogP contribution in [0.1, 0.15) is 12.0 Å². The molecule has 2 rings (SSSR count). The molecule has 0 saturated carbocycles. The minimum absolute atomic E-state index is 0.0580. The van der Waals surface area contributed by atoms with Crippen molar-refractivity contribution in [2.45, 2.75) is 13.0 Å². The summed E-state index contributed by atoms with van der Waals surface area (Å²) in [4.78, 5) is 12.7. The van der Waals surface area contributed by atoms with Crippen LogP contribution < -0.4 is 4.90 Å². The molecule has 2 aromatic rings. The summed E-state index contributed by atoms with van der Waals surface area (Å²) in [7, 11) is 0. The topological polar surface area (TPSA) is 60.8 Å². The number of hydrogen-bond acceptors (Lipinski definition) is 3. The van der Waals surface area contributed by atoms with Crippen LogP contribution >= 0.6 is 0 Å². The van der Waals surface area contributed by atoms with E-state index < -0.39 is 5.97 Å². The molecule has 0 aliphatic heterocycles. The van der Waals surface area contributed by atoms with Crippen molar-refractivity contribution in [3.63, 3.8) is 0 Å². The Morgan fingerprint density at radius 1 is 1.00 bits per heavy atom. The van der Waals surface area contributed by atoms with E-state index in [1.165, 1.54) is 0 Å². The second-order valence-corrected chi connectivity index (χ2v) is 4.53. The molecule has 0 atom stereocenters. The number of carboxylic acid groups (broad SMARTS) is 1. The summed E-state index contributed by atoms with van der Waals surface area (Å²) in [5, 5.41) is 18.7. The van der Waals surface area contributed by atoms with E-state index in [0.29, 0.717) is 13.1 Å². The Morgan fingerprint density at radius 3 is 2.30 bits per heavy atom. The van der Waals surface area contributed by atoms with Gasteiger partial charge in [0.25, 0.3) is 0 Å². The highest BCUT2D eigenvalue weighted by Crippen LogP contribution is 2.22. The lowest BCUT2D eigenvalue weighted by Gasteiger charge is -2.24. The molecule has 0 heterocycles. The normalized spacial score (nSPS) is 10.2. The first-order valence-electron chi connectivity index (χ1n) is 6.45. The van der Waals surface area contributed by atoms with Crippen molar-refractivity contribution in [2.24, 2.45) is 0 Å². The van der Waals surface area contributed by atoms with E-state index in [-0.39, 0.29) is 12.2 Å². The van der Waals surface area contributed by atoms with Gasteiger partial charge in [0.05, 0.1) is 6.42 Å². The Hall–Kier alpha value is -2.49. The number of carboxylic acids is 1. The Morgan fingerprint density at radius 2 is 1.65 bits per heavy atom. The van der Waals surface area contributed by atoms with Gasteiger partial charge >= 0.3 is 5.97 Å². The summed E-state index contributed by atoms with van der Waals surface area (Å²) < 4.78 is 0. The van der Waals surface area contributed by atoms with Crippen molar-refractivity contribution in [2.75, 3.05) is 11.4 Å². The Balaban J connectivity index is 2.18. The summed E-state index contributed by atoms with van der Waals surface area (Å²) in [5.74, 6) is -0.605. The van der Waals surface area contributed by atoms with E-state index in [9.17, 15) is 9.90 Å². The fraction of sp³-hybridized carbons (Fsp3) is 0.188. The smallest absolute Gasteiger partial charge is 0.305 e. The number of carbonyl (C=O) groups is 1. The third kappa shape index (κ3) is 3.75. The average molecular weight is 271 g/mol. The molecule has 0 aliphatic rings. The van der Waals surface area contributed by atoms with Gasteiger partial charge in [0.2, 0.25) is 0 Å². The monoisotopic (exact) mass is 271 g/mol. The van der Waals surface area contributed by atoms with Crippen LogP contribution in [-0.2, 0) is 11.3 Å². The Kier molecular flexibility index (Phi) is 4.60. The van der Waals surface area contributed by atoms with E-state index in [0.717, 1.165) is 11.3 Å². The maximum atomic E-state index is 10.8. The van der Waals surface area contributed by atoms with Crippen molar-refractivity contribution in [3.05, 3.63) is 60.2 Å². The predicted octanol–water partition coefficient (Wildman–Crippen LogP) is 2.87. The zero-order chi connectivity index (χ0) is 14.4. The van der Waals surface area contributed by atoms with Gasteiger partial charge in [-0.05, 0) is 18.2 Å². The van der Waals surface area contributed by atoms with Crippen molar-refractivity contribution in [1.29, 1.82) is 0 Å². The first-order valence-corrected chi connectivity index (χ1v) is 6.45. The van der Waals surface area contributed by atoms with Crippen LogP contribution in [0.2, 0.25) is 0 Å². The average Bonchev–Trinajstić information content (AvgIpc) is 2.46.